The van der Waals surface area contributed by atoms with Gasteiger partial charge in [0.1, 0.15) is 0 Å². The van der Waals surface area contributed by atoms with Gasteiger partial charge in [0.25, 0.3) is 0 Å². The molecular weight excluding hydrogens is 260 g/mol. The first-order chi connectivity index (χ1) is 10.3. The number of nitrogens with one attached hydrogen (secondary N) is 2. The van der Waals surface area contributed by atoms with Gasteiger partial charge in [0, 0.05) is 6.54 Å². The molecule has 2 aromatic carbocycles. The normalized spacial score (nSPS) is 11.7. The quantitative estimate of drug-likeness (QED) is 0.833. The zero-order valence-electron chi connectivity index (χ0n) is 12.4. The van der Waals surface area contributed by atoms with Gasteiger partial charge in [0.05, 0.1) is 6.04 Å². The van der Waals surface area contributed by atoms with Crippen LogP contribution in [0.2, 0.25) is 0 Å². The summed E-state index contributed by atoms with van der Waals surface area (Å²) in [7, 11) is 0. The standard InChI is InChI=1S/C18H22N2O/c1-2-17(16-11-7-4-8-12-16)20-18(21)19-14-13-15-9-5-3-6-10-15/h3-12,17H,2,13-14H2,1H3,(H2,19,20,21). The minimum Gasteiger partial charge on any atom is -0.338 e. The number of amides is 2. The van der Waals surface area contributed by atoms with Gasteiger partial charge in [-0.3, -0.25) is 0 Å². The van der Waals surface area contributed by atoms with Crippen LogP contribution in [-0.4, -0.2) is 12.6 Å². The summed E-state index contributed by atoms with van der Waals surface area (Å²) in [6, 6.07) is 20.2. The Morgan fingerprint density at radius 1 is 1.00 bits per heavy atom. The fraction of sp³-hybridized carbons (Fsp3) is 0.278. The van der Waals surface area contributed by atoms with Gasteiger partial charge in [0.2, 0.25) is 0 Å². The zero-order valence-corrected chi connectivity index (χ0v) is 12.4. The minimum atomic E-state index is -0.110. The number of carbonyl (C=O) groups is 1. The third-order valence-corrected chi connectivity index (χ3v) is 3.46. The molecule has 0 bridgehead atoms. The van der Waals surface area contributed by atoms with Crippen LogP contribution < -0.4 is 10.6 Å². The fourth-order valence-corrected chi connectivity index (χ4v) is 2.28. The molecule has 2 rings (SSSR count). The van der Waals surface area contributed by atoms with Crippen LogP contribution in [0, 0.1) is 0 Å². The highest BCUT2D eigenvalue weighted by Gasteiger charge is 2.11. The van der Waals surface area contributed by atoms with Crippen LogP contribution in [0.5, 0.6) is 0 Å². The smallest absolute Gasteiger partial charge is 0.315 e. The molecule has 0 aliphatic heterocycles. The lowest BCUT2D eigenvalue weighted by Gasteiger charge is -2.18. The summed E-state index contributed by atoms with van der Waals surface area (Å²) in [5.41, 5.74) is 2.37. The van der Waals surface area contributed by atoms with E-state index in [0.29, 0.717) is 6.54 Å². The molecule has 3 heteroatoms. The summed E-state index contributed by atoms with van der Waals surface area (Å²) in [6.07, 6.45) is 1.71. The second-order valence-corrected chi connectivity index (χ2v) is 5.01. The van der Waals surface area contributed by atoms with E-state index in [2.05, 4.69) is 29.7 Å². The average molecular weight is 282 g/mol. The third-order valence-electron chi connectivity index (χ3n) is 3.46. The summed E-state index contributed by atoms with van der Waals surface area (Å²) in [6.45, 7) is 2.71. The first-order valence-corrected chi connectivity index (χ1v) is 7.43. The van der Waals surface area contributed by atoms with E-state index < -0.39 is 0 Å². The Balaban J connectivity index is 1.78. The monoisotopic (exact) mass is 282 g/mol. The average Bonchev–Trinajstić information content (AvgIpc) is 2.54. The van der Waals surface area contributed by atoms with Crippen molar-refractivity contribution in [1.29, 1.82) is 0 Å². The molecule has 0 heterocycles. The Morgan fingerprint density at radius 3 is 2.24 bits per heavy atom. The Morgan fingerprint density at radius 2 is 1.62 bits per heavy atom. The molecule has 3 nitrogen and oxygen atoms in total. The predicted molar refractivity (Wildman–Crippen MR) is 86.2 cm³/mol. The zero-order chi connectivity index (χ0) is 14.9. The van der Waals surface area contributed by atoms with E-state index in [9.17, 15) is 4.79 Å². The van der Waals surface area contributed by atoms with Crippen LogP contribution >= 0.6 is 0 Å². The molecule has 0 aliphatic carbocycles. The molecule has 0 fully saturated rings. The number of carbonyl (C=O) groups excluding carboxylic acids is 1. The molecule has 1 atom stereocenters. The number of benzene rings is 2. The highest BCUT2D eigenvalue weighted by atomic mass is 16.2. The van der Waals surface area contributed by atoms with Crippen LogP contribution in [0.15, 0.2) is 60.7 Å². The van der Waals surface area contributed by atoms with Crippen molar-refractivity contribution < 1.29 is 4.79 Å². The summed E-state index contributed by atoms with van der Waals surface area (Å²) in [5.74, 6) is 0. The Hall–Kier alpha value is -2.29. The molecule has 2 aromatic rings. The maximum Gasteiger partial charge on any atom is 0.315 e. The van der Waals surface area contributed by atoms with E-state index >= 15 is 0 Å². The molecule has 2 amide bonds. The van der Waals surface area contributed by atoms with E-state index in [1.54, 1.807) is 0 Å². The van der Waals surface area contributed by atoms with Gasteiger partial charge in [-0.2, -0.15) is 0 Å². The van der Waals surface area contributed by atoms with Crippen molar-refractivity contribution in [3.8, 4) is 0 Å². The van der Waals surface area contributed by atoms with Gasteiger partial charge in [-0.1, -0.05) is 67.6 Å². The number of hydrogen-bond donors (Lipinski definition) is 2. The molecule has 0 aromatic heterocycles. The summed E-state index contributed by atoms with van der Waals surface area (Å²) in [4.78, 5) is 12.0. The van der Waals surface area contributed by atoms with Crippen LogP contribution in [0.3, 0.4) is 0 Å². The van der Waals surface area contributed by atoms with Gasteiger partial charge < -0.3 is 10.6 Å². The molecule has 21 heavy (non-hydrogen) atoms. The molecule has 0 aliphatic rings. The number of rotatable bonds is 6. The minimum absolute atomic E-state index is 0.0583. The van der Waals surface area contributed by atoms with Crippen LogP contribution in [-0.2, 0) is 6.42 Å². The van der Waals surface area contributed by atoms with E-state index in [4.69, 9.17) is 0 Å². The largest absolute Gasteiger partial charge is 0.338 e. The number of hydrogen-bond acceptors (Lipinski definition) is 1. The van der Waals surface area contributed by atoms with Crippen molar-refractivity contribution in [2.24, 2.45) is 0 Å². The second kappa shape index (κ2) is 8.10. The Labute approximate surface area is 126 Å². The van der Waals surface area contributed by atoms with Gasteiger partial charge in [-0.05, 0) is 24.0 Å². The van der Waals surface area contributed by atoms with Crippen LogP contribution in [0.4, 0.5) is 4.79 Å². The van der Waals surface area contributed by atoms with Crippen molar-refractivity contribution in [2.75, 3.05) is 6.54 Å². The lowest BCUT2D eigenvalue weighted by atomic mass is 10.1. The highest BCUT2D eigenvalue weighted by Crippen LogP contribution is 2.15. The molecule has 0 saturated heterocycles. The Bertz CT molecular complexity index is 540. The molecule has 1 unspecified atom stereocenters. The van der Waals surface area contributed by atoms with Gasteiger partial charge in [-0.15, -0.1) is 0 Å². The van der Waals surface area contributed by atoms with Crippen LogP contribution in [0.1, 0.15) is 30.5 Å². The number of urea groups is 1. The molecule has 0 radical (unpaired) electrons. The van der Waals surface area contributed by atoms with Crippen molar-refractivity contribution in [1.82, 2.24) is 10.6 Å². The summed E-state index contributed by atoms with van der Waals surface area (Å²) >= 11 is 0. The summed E-state index contributed by atoms with van der Waals surface area (Å²) < 4.78 is 0. The maximum atomic E-state index is 12.0. The molecule has 0 saturated carbocycles. The second-order valence-electron chi connectivity index (χ2n) is 5.01. The first kappa shape index (κ1) is 15.1. The van der Waals surface area contributed by atoms with E-state index in [1.165, 1.54) is 5.56 Å². The maximum absolute atomic E-state index is 12.0. The van der Waals surface area contributed by atoms with E-state index in [0.717, 1.165) is 18.4 Å². The van der Waals surface area contributed by atoms with E-state index in [1.807, 2.05) is 48.5 Å². The molecule has 2 N–H and O–H groups in total. The van der Waals surface area contributed by atoms with Gasteiger partial charge >= 0.3 is 6.03 Å². The van der Waals surface area contributed by atoms with E-state index in [-0.39, 0.29) is 12.1 Å². The third kappa shape index (κ3) is 4.95. The lowest BCUT2D eigenvalue weighted by molar-refractivity contribution is 0.237. The van der Waals surface area contributed by atoms with Gasteiger partial charge in [0.15, 0.2) is 0 Å². The van der Waals surface area contributed by atoms with Crippen molar-refractivity contribution in [3.05, 3.63) is 71.8 Å². The fourth-order valence-electron chi connectivity index (χ4n) is 2.28. The Kier molecular flexibility index (Phi) is 5.83. The highest BCUT2D eigenvalue weighted by molar-refractivity contribution is 5.74. The van der Waals surface area contributed by atoms with Crippen molar-refractivity contribution in [2.45, 2.75) is 25.8 Å². The van der Waals surface area contributed by atoms with Gasteiger partial charge in [-0.25, -0.2) is 4.79 Å². The topological polar surface area (TPSA) is 41.1 Å². The van der Waals surface area contributed by atoms with Crippen LogP contribution in [0.25, 0.3) is 0 Å². The SMILES string of the molecule is CCC(NC(=O)NCCc1ccccc1)c1ccccc1. The van der Waals surface area contributed by atoms with Crippen molar-refractivity contribution >= 4 is 6.03 Å². The molecular formula is C18H22N2O. The predicted octanol–water partition coefficient (Wildman–Crippen LogP) is 3.68. The summed E-state index contributed by atoms with van der Waals surface area (Å²) in [5, 5.41) is 5.93. The first-order valence-electron chi connectivity index (χ1n) is 7.43. The molecule has 110 valence electrons. The molecule has 0 spiro atoms. The van der Waals surface area contributed by atoms with Crippen molar-refractivity contribution in [3.63, 3.8) is 0 Å². The lowest BCUT2D eigenvalue weighted by Crippen LogP contribution is -2.38.